The number of aromatic nitrogens is 1. The van der Waals surface area contributed by atoms with Gasteiger partial charge in [-0.2, -0.15) is 0 Å². The lowest BCUT2D eigenvalue weighted by molar-refractivity contribution is 0.0893. The first-order chi connectivity index (χ1) is 9.59. The number of hydrogen-bond acceptors (Lipinski definition) is 4. The molecule has 3 N–H and O–H groups in total. The summed E-state index contributed by atoms with van der Waals surface area (Å²) in [5, 5.41) is 1.14. The molecule has 0 spiro atoms. The second-order valence-electron chi connectivity index (χ2n) is 5.29. The third-order valence-electron chi connectivity index (χ3n) is 4.03. The summed E-state index contributed by atoms with van der Waals surface area (Å²) in [4.78, 5) is 29.3. The molecule has 20 heavy (non-hydrogen) atoms. The van der Waals surface area contributed by atoms with Gasteiger partial charge in [0.1, 0.15) is 5.82 Å². The fourth-order valence-electron chi connectivity index (χ4n) is 2.97. The smallest absolute Gasteiger partial charge is 0.257 e. The summed E-state index contributed by atoms with van der Waals surface area (Å²) in [6, 6.07) is 6.94. The lowest BCUT2D eigenvalue weighted by Crippen LogP contribution is -2.34. The number of likely N-dealkylation sites (tertiary alicyclic amines) is 1. The molecule has 1 saturated heterocycles. The van der Waals surface area contributed by atoms with E-state index in [-0.39, 0.29) is 23.2 Å². The molecule has 1 aromatic heterocycles. The molecule has 0 unspecified atom stereocenters. The molecule has 1 aliphatic rings. The molecular weight excluding hydrogens is 254 g/mol. The number of likely N-dealkylation sites (N-methyl/N-ethyl adjacent to an activating group) is 1. The minimum Gasteiger partial charge on any atom is -0.385 e. The molecule has 0 aliphatic carbocycles. The quantitative estimate of drug-likeness (QED) is 0.809. The summed E-state index contributed by atoms with van der Waals surface area (Å²) in [5.74, 6) is 0.161. The normalized spacial score (nSPS) is 19.6. The Morgan fingerprint density at radius 3 is 2.70 bits per heavy atom. The third-order valence-corrected chi connectivity index (χ3v) is 4.03. The minimum absolute atomic E-state index is 0.00468. The van der Waals surface area contributed by atoms with Gasteiger partial charge in [0, 0.05) is 10.8 Å². The number of carbonyl (C=O) groups is 1. The molecule has 3 rings (SSSR count). The number of nitrogen functional groups attached to an aromatic ring is 1. The Balaban J connectivity index is 2.21. The van der Waals surface area contributed by atoms with E-state index in [2.05, 4.69) is 4.98 Å². The zero-order chi connectivity index (χ0) is 14.3. The number of pyridine rings is 1. The van der Waals surface area contributed by atoms with Crippen LogP contribution < -0.4 is 11.3 Å². The summed E-state index contributed by atoms with van der Waals surface area (Å²) >= 11 is 0. The molecule has 1 aliphatic heterocycles. The van der Waals surface area contributed by atoms with E-state index in [4.69, 9.17) is 5.73 Å². The van der Waals surface area contributed by atoms with Crippen LogP contribution in [0.5, 0.6) is 0 Å². The van der Waals surface area contributed by atoms with Gasteiger partial charge < -0.3 is 10.7 Å². The number of anilines is 1. The lowest BCUT2D eigenvalue weighted by atomic mass is 9.97. The predicted octanol–water partition coefficient (Wildman–Crippen LogP) is 1.39. The van der Waals surface area contributed by atoms with Crippen LogP contribution in [0.25, 0.3) is 10.8 Å². The van der Waals surface area contributed by atoms with E-state index < -0.39 is 0 Å². The second-order valence-corrected chi connectivity index (χ2v) is 5.29. The highest BCUT2D eigenvalue weighted by Crippen LogP contribution is 2.26. The van der Waals surface area contributed by atoms with Crippen LogP contribution in [0, 0.1) is 0 Å². The topological polar surface area (TPSA) is 79.2 Å². The molecular formula is C15H17N3O2. The molecule has 1 fully saturated rings. The standard InChI is InChI=1S/C15H17N3O2/c1-18-8-4-7-11(18)13(19)12-9-5-2-3-6-10(9)15(20)17-14(12)16/h2-3,5-6,11H,4,7-8H2,1H3,(H3,16,17,20)/t11-/m1/s1. The highest BCUT2D eigenvalue weighted by atomic mass is 16.1. The number of nitrogens with zero attached hydrogens (tertiary/aromatic N) is 1. The van der Waals surface area contributed by atoms with Gasteiger partial charge in [-0.05, 0) is 32.5 Å². The Kier molecular flexibility index (Phi) is 3.06. The molecule has 5 heteroatoms. The summed E-state index contributed by atoms with van der Waals surface area (Å²) in [7, 11) is 1.94. The number of hydrogen-bond donors (Lipinski definition) is 2. The lowest BCUT2D eigenvalue weighted by Gasteiger charge is -2.19. The van der Waals surface area contributed by atoms with Crippen LogP contribution in [0.1, 0.15) is 23.2 Å². The first kappa shape index (κ1) is 12.9. The number of benzene rings is 1. The van der Waals surface area contributed by atoms with E-state index in [9.17, 15) is 9.59 Å². The van der Waals surface area contributed by atoms with Gasteiger partial charge in [0.05, 0.1) is 11.6 Å². The van der Waals surface area contributed by atoms with Crippen molar-refractivity contribution in [1.82, 2.24) is 9.88 Å². The summed E-state index contributed by atoms with van der Waals surface area (Å²) in [5.41, 5.74) is 6.09. The zero-order valence-electron chi connectivity index (χ0n) is 11.3. The van der Waals surface area contributed by atoms with Crippen molar-refractivity contribution < 1.29 is 4.79 Å². The van der Waals surface area contributed by atoms with Crippen LogP contribution in [-0.4, -0.2) is 35.3 Å². The van der Waals surface area contributed by atoms with Crippen molar-refractivity contribution >= 4 is 22.4 Å². The molecule has 1 aromatic carbocycles. The first-order valence-corrected chi connectivity index (χ1v) is 6.74. The van der Waals surface area contributed by atoms with E-state index in [1.807, 2.05) is 18.0 Å². The maximum atomic E-state index is 12.8. The maximum absolute atomic E-state index is 12.8. The Morgan fingerprint density at radius 1 is 1.35 bits per heavy atom. The van der Waals surface area contributed by atoms with Crippen LogP contribution in [0.2, 0.25) is 0 Å². The summed E-state index contributed by atoms with van der Waals surface area (Å²) < 4.78 is 0. The Bertz CT molecular complexity index is 735. The highest BCUT2D eigenvalue weighted by molar-refractivity contribution is 6.13. The number of nitrogens with one attached hydrogen (secondary N) is 1. The van der Waals surface area contributed by atoms with Gasteiger partial charge >= 0.3 is 0 Å². The molecule has 104 valence electrons. The monoisotopic (exact) mass is 271 g/mol. The fraction of sp³-hybridized carbons (Fsp3) is 0.333. The average molecular weight is 271 g/mol. The van der Waals surface area contributed by atoms with E-state index in [1.54, 1.807) is 18.2 Å². The third kappa shape index (κ3) is 1.91. The van der Waals surface area contributed by atoms with Gasteiger partial charge in [-0.25, -0.2) is 0 Å². The highest BCUT2D eigenvalue weighted by Gasteiger charge is 2.31. The van der Waals surface area contributed by atoms with Crippen LogP contribution in [0.4, 0.5) is 5.82 Å². The fourth-order valence-corrected chi connectivity index (χ4v) is 2.97. The van der Waals surface area contributed by atoms with Crippen molar-refractivity contribution in [3.8, 4) is 0 Å². The van der Waals surface area contributed by atoms with Crippen LogP contribution in [-0.2, 0) is 0 Å². The largest absolute Gasteiger partial charge is 0.385 e. The molecule has 0 radical (unpaired) electrons. The predicted molar refractivity (Wildman–Crippen MR) is 79.0 cm³/mol. The number of nitrogens with two attached hydrogens (primary N) is 1. The SMILES string of the molecule is CN1CCC[C@@H]1C(=O)c1c(N)[nH]c(=O)c2ccccc12. The molecule has 0 saturated carbocycles. The van der Waals surface area contributed by atoms with E-state index in [1.165, 1.54) is 0 Å². The molecule has 1 atom stereocenters. The van der Waals surface area contributed by atoms with Gasteiger partial charge in [-0.3, -0.25) is 14.5 Å². The van der Waals surface area contributed by atoms with Crippen LogP contribution >= 0.6 is 0 Å². The minimum atomic E-state index is -0.255. The second kappa shape index (κ2) is 4.76. The van der Waals surface area contributed by atoms with Gasteiger partial charge in [-0.15, -0.1) is 0 Å². The maximum Gasteiger partial charge on any atom is 0.257 e. The van der Waals surface area contributed by atoms with Crippen LogP contribution in [0.3, 0.4) is 0 Å². The number of H-pyrrole nitrogens is 1. The molecule has 0 amide bonds. The first-order valence-electron chi connectivity index (χ1n) is 6.74. The van der Waals surface area contributed by atoms with Crippen molar-refractivity contribution in [2.75, 3.05) is 19.3 Å². The number of carbonyl (C=O) groups excluding carboxylic acids is 1. The molecule has 2 heterocycles. The van der Waals surface area contributed by atoms with E-state index in [0.717, 1.165) is 19.4 Å². The number of fused-ring (bicyclic) bond motifs is 1. The van der Waals surface area contributed by atoms with Crippen molar-refractivity contribution in [2.45, 2.75) is 18.9 Å². The number of Topliss-reactive ketones (excluding diaryl/α,β-unsaturated/α-hetero) is 1. The van der Waals surface area contributed by atoms with Gasteiger partial charge in [-0.1, -0.05) is 18.2 Å². The van der Waals surface area contributed by atoms with Crippen molar-refractivity contribution in [1.29, 1.82) is 0 Å². The number of ketones is 1. The molecule has 2 aromatic rings. The number of aromatic amines is 1. The van der Waals surface area contributed by atoms with Crippen molar-refractivity contribution in [3.05, 3.63) is 40.2 Å². The molecule has 0 bridgehead atoms. The summed E-state index contributed by atoms with van der Waals surface area (Å²) in [6.07, 6.45) is 1.84. The van der Waals surface area contributed by atoms with Crippen molar-refractivity contribution in [2.24, 2.45) is 0 Å². The average Bonchev–Trinajstić information content (AvgIpc) is 2.85. The van der Waals surface area contributed by atoms with E-state index in [0.29, 0.717) is 16.3 Å². The number of rotatable bonds is 2. The Morgan fingerprint density at radius 2 is 2.05 bits per heavy atom. The van der Waals surface area contributed by atoms with E-state index >= 15 is 0 Å². The zero-order valence-corrected chi connectivity index (χ0v) is 11.3. The molecule has 5 nitrogen and oxygen atoms in total. The Labute approximate surface area is 116 Å². The Hall–Kier alpha value is -2.14. The van der Waals surface area contributed by atoms with Crippen LogP contribution in [0.15, 0.2) is 29.1 Å². The van der Waals surface area contributed by atoms with Gasteiger partial charge in [0.15, 0.2) is 5.78 Å². The van der Waals surface area contributed by atoms with Crippen molar-refractivity contribution in [3.63, 3.8) is 0 Å². The van der Waals surface area contributed by atoms with Gasteiger partial charge in [0.25, 0.3) is 5.56 Å². The summed E-state index contributed by atoms with van der Waals surface area (Å²) in [6.45, 7) is 0.914. The van der Waals surface area contributed by atoms with Gasteiger partial charge in [0.2, 0.25) is 0 Å².